The van der Waals surface area contributed by atoms with Crippen LogP contribution in [-0.4, -0.2) is 11.1 Å². The van der Waals surface area contributed by atoms with Crippen molar-refractivity contribution in [2.24, 2.45) is 0 Å². The van der Waals surface area contributed by atoms with E-state index in [-0.39, 0.29) is 0 Å². The quantitative estimate of drug-likeness (QED) is 0.313. The van der Waals surface area contributed by atoms with Gasteiger partial charge in [-0.05, 0) is 24.8 Å². The molecule has 19 heavy (non-hydrogen) atoms. The van der Waals surface area contributed by atoms with Crippen molar-refractivity contribution in [1.29, 1.82) is 0 Å². The molecule has 0 bridgehead atoms. The average molecular weight is 325 g/mol. The number of ketones is 1. The van der Waals surface area contributed by atoms with Gasteiger partial charge in [0.25, 0.3) is 0 Å². The molecule has 0 aliphatic rings. The minimum absolute atomic E-state index is 0.295. The number of benzene rings is 1. The maximum Gasteiger partial charge on any atom is 0.162 e. The Bertz CT molecular complexity index is 356. The second-order valence-electron chi connectivity index (χ2n) is 5.08. The highest BCUT2D eigenvalue weighted by Crippen LogP contribution is 2.12. The third kappa shape index (κ3) is 6.91. The highest BCUT2D eigenvalue weighted by molar-refractivity contribution is 9.09. The van der Waals surface area contributed by atoms with Crippen LogP contribution < -0.4 is 0 Å². The topological polar surface area (TPSA) is 17.1 Å². The van der Waals surface area contributed by atoms with Gasteiger partial charge in [0, 0.05) is 17.3 Å². The molecule has 0 aliphatic heterocycles. The fourth-order valence-electron chi connectivity index (χ4n) is 2.16. The Morgan fingerprint density at radius 2 is 1.68 bits per heavy atom. The summed E-state index contributed by atoms with van der Waals surface area (Å²) < 4.78 is 0. The fourth-order valence-corrected chi connectivity index (χ4v) is 2.44. The number of Topliss-reactive ketones (excluding diaryl/α,β-unsaturated/α-hetero) is 1. The van der Waals surface area contributed by atoms with E-state index in [1.54, 1.807) is 0 Å². The number of rotatable bonds is 10. The molecule has 0 saturated carbocycles. The van der Waals surface area contributed by atoms with Gasteiger partial charge in [0.2, 0.25) is 0 Å². The third-order valence-corrected chi connectivity index (χ3v) is 3.94. The highest BCUT2D eigenvalue weighted by atomic mass is 79.9. The van der Waals surface area contributed by atoms with E-state index in [4.69, 9.17) is 0 Å². The van der Waals surface area contributed by atoms with Crippen molar-refractivity contribution in [2.75, 3.05) is 5.33 Å². The van der Waals surface area contributed by atoms with Crippen LogP contribution >= 0.6 is 15.9 Å². The Kier molecular flexibility index (Phi) is 8.81. The number of carbonyl (C=O) groups is 1. The molecule has 1 aromatic rings. The van der Waals surface area contributed by atoms with E-state index in [1.165, 1.54) is 31.2 Å². The second kappa shape index (κ2) is 10.2. The van der Waals surface area contributed by atoms with E-state index >= 15 is 0 Å². The first-order valence-corrected chi connectivity index (χ1v) is 8.58. The Morgan fingerprint density at radius 1 is 1.00 bits per heavy atom. The van der Waals surface area contributed by atoms with Gasteiger partial charge < -0.3 is 0 Å². The Labute approximate surface area is 125 Å². The Hall–Kier alpha value is -0.630. The predicted molar refractivity (Wildman–Crippen MR) is 86.3 cm³/mol. The van der Waals surface area contributed by atoms with Crippen molar-refractivity contribution in [1.82, 2.24) is 0 Å². The maximum atomic E-state index is 12.0. The zero-order chi connectivity index (χ0) is 13.9. The van der Waals surface area contributed by atoms with Crippen LogP contribution in [0.1, 0.15) is 67.8 Å². The first kappa shape index (κ1) is 16.4. The number of alkyl halides is 1. The van der Waals surface area contributed by atoms with Crippen molar-refractivity contribution >= 4 is 21.7 Å². The largest absolute Gasteiger partial charge is 0.294 e. The molecular formula is C17H25BrO. The number of unbranched alkanes of at least 4 members (excludes halogenated alkanes) is 4. The normalized spacial score (nSPS) is 10.6. The Morgan fingerprint density at radius 3 is 2.32 bits per heavy atom. The fraction of sp³-hybridized carbons (Fsp3) is 0.588. The van der Waals surface area contributed by atoms with Crippen LogP contribution in [0.15, 0.2) is 24.3 Å². The van der Waals surface area contributed by atoms with E-state index < -0.39 is 0 Å². The van der Waals surface area contributed by atoms with Crippen molar-refractivity contribution in [3.05, 3.63) is 35.4 Å². The summed E-state index contributed by atoms with van der Waals surface area (Å²) >= 11 is 3.44. The molecule has 0 aliphatic carbocycles. The summed E-state index contributed by atoms with van der Waals surface area (Å²) in [7, 11) is 0. The lowest BCUT2D eigenvalue weighted by Crippen LogP contribution is -1.99. The van der Waals surface area contributed by atoms with Crippen LogP contribution in [0.3, 0.4) is 0 Å². The summed E-state index contributed by atoms with van der Waals surface area (Å²) in [5, 5.41) is 1.03. The lowest BCUT2D eigenvalue weighted by Gasteiger charge is -2.03. The van der Waals surface area contributed by atoms with Gasteiger partial charge >= 0.3 is 0 Å². The number of hydrogen-bond acceptors (Lipinski definition) is 1. The first-order chi connectivity index (χ1) is 9.27. The SMILES string of the molecule is CCCCCCCC(=O)c1ccc(CCCBr)cc1. The number of hydrogen-bond donors (Lipinski definition) is 0. The maximum absolute atomic E-state index is 12.0. The zero-order valence-corrected chi connectivity index (χ0v) is 13.5. The lowest BCUT2D eigenvalue weighted by atomic mass is 10.0. The molecule has 0 aromatic heterocycles. The average Bonchev–Trinajstić information content (AvgIpc) is 2.45. The van der Waals surface area contributed by atoms with E-state index in [0.717, 1.165) is 30.2 Å². The standard InChI is InChI=1S/C17H25BrO/c1-2-3-4-5-6-9-17(19)16-12-10-15(11-13-16)8-7-14-18/h10-13H,2-9,14H2,1H3. The number of carbonyl (C=O) groups excluding carboxylic acids is 1. The van der Waals surface area contributed by atoms with E-state index in [1.807, 2.05) is 12.1 Å². The van der Waals surface area contributed by atoms with Gasteiger partial charge in [0.15, 0.2) is 5.78 Å². The molecule has 0 N–H and O–H groups in total. The molecule has 0 atom stereocenters. The number of aryl methyl sites for hydroxylation is 1. The number of halogens is 1. The van der Waals surface area contributed by atoms with Crippen molar-refractivity contribution in [3.8, 4) is 0 Å². The minimum atomic E-state index is 0.295. The lowest BCUT2D eigenvalue weighted by molar-refractivity contribution is 0.0979. The van der Waals surface area contributed by atoms with E-state index in [0.29, 0.717) is 12.2 Å². The second-order valence-corrected chi connectivity index (χ2v) is 5.87. The van der Waals surface area contributed by atoms with Crippen LogP contribution in [0.2, 0.25) is 0 Å². The summed E-state index contributed by atoms with van der Waals surface area (Å²) in [6.45, 7) is 2.21. The van der Waals surface area contributed by atoms with Gasteiger partial charge in [-0.25, -0.2) is 0 Å². The molecule has 0 amide bonds. The monoisotopic (exact) mass is 324 g/mol. The van der Waals surface area contributed by atoms with Crippen molar-refractivity contribution in [3.63, 3.8) is 0 Å². The van der Waals surface area contributed by atoms with E-state index in [2.05, 4.69) is 35.0 Å². The van der Waals surface area contributed by atoms with Crippen LogP contribution in [0.5, 0.6) is 0 Å². The molecule has 0 saturated heterocycles. The van der Waals surface area contributed by atoms with Crippen LogP contribution in [0, 0.1) is 0 Å². The van der Waals surface area contributed by atoms with Gasteiger partial charge in [-0.3, -0.25) is 4.79 Å². The Balaban J connectivity index is 2.32. The highest BCUT2D eigenvalue weighted by Gasteiger charge is 2.05. The summed E-state index contributed by atoms with van der Waals surface area (Å²) in [5.74, 6) is 0.295. The van der Waals surface area contributed by atoms with Crippen LogP contribution in [0.25, 0.3) is 0 Å². The van der Waals surface area contributed by atoms with Gasteiger partial charge in [0.1, 0.15) is 0 Å². The molecule has 0 radical (unpaired) electrons. The molecule has 106 valence electrons. The van der Waals surface area contributed by atoms with E-state index in [9.17, 15) is 4.79 Å². The molecule has 1 rings (SSSR count). The smallest absolute Gasteiger partial charge is 0.162 e. The molecule has 0 spiro atoms. The van der Waals surface area contributed by atoms with Crippen LogP contribution in [0.4, 0.5) is 0 Å². The van der Waals surface area contributed by atoms with Gasteiger partial charge in [-0.1, -0.05) is 72.8 Å². The summed E-state index contributed by atoms with van der Waals surface area (Å²) in [5.41, 5.74) is 2.19. The molecule has 2 heteroatoms. The van der Waals surface area contributed by atoms with Crippen molar-refractivity contribution in [2.45, 2.75) is 58.3 Å². The molecule has 0 fully saturated rings. The first-order valence-electron chi connectivity index (χ1n) is 7.46. The third-order valence-electron chi connectivity index (χ3n) is 3.38. The van der Waals surface area contributed by atoms with Crippen molar-refractivity contribution < 1.29 is 4.79 Å². The summed E-state index contributed by atoms with van der Waals surface area (Å²) in [6.07, 6.45) is 8.94. The summed E-state index contributed by atoms with van der Waals surface area (Å²) in [6, 6.07) is 8.15. The van der Waals surface area contributed by atoms with Crippen LogP contribution in [-0.2, 0) is 6.42 Å². The minimum Gasteiger partial charge on any atom is -0.294 e. The molecule has 1 aromatic carbocycles. The summed E-state index contributed by atoms with van der Waals surface area (Å²) in [4.78, 5) is 12.0. The molecule has 0 unspecified atom stereocenters. The zero-order valence-electron chi connectivity index (χ0n) is 12.0. The van der Waals surface area contributed by atoms with Gasteiger partial charge in [-0.15, -0.1) is 0 Å². The molecule has 1 nitrogen and oxygen atoms in total. The molecule has 0 heterocycles. The van der Waals surface area contributed by atoms with Gasteiger partial charge in [-0.2, -0.15) is 0 Å². The van der Waals surface area contributed by atoms with Gasteiger partial charge in [0.05, 0.1) is 0 Å². The predicted octanol–water partition coefficient (Wildman–Crippen LogP) is 5.56. The molecular weight excluding hydrogens is 300 g/mol.